The van der Waals surface area contributed by atoms with Crippen LogP contribution in [0.2, 0.25) is 5.02 Å². The number of rotatable bonds is 5. The average molecular weight is 351 g/mol. The molecule has 0 spiro atoms. The predicted molar refractivity (Wildman–Crippen MR) is 76.6 cm³/mol. The van der Waals surface area contributed by atoms with Crippen molar-refractivity contribution in [1.29, 1.82) is 0 Å². The Bertz CT molecular complexity index is 730. The van der Waals surface area contributed by atoms with E-state index in [0.29, 0.717) is 17.5 Å². The fourth-order valence-electron chi connectivity index (χ4n) is 1.96. The number of halogens is 4. The molecule has 10 heteroatoms. The van der Waals surface area contributed by atoms with Crippen LogP contribution >= 0.6 is 11.6 Å². The number of hydrogen-bond donors (Lipinski definition) is 1. The van der Waals surface area contributed by atoms with Gasteiger partial charge in [-0.3, -0.25) is 4.79 Å². The Kier molecular flexibility index (Phi) is 5.10. The molecule has 23 heavy (non-hydrogen) atoms. The van der Waals surface area contributed by atoms with E-state index in [9.17, 15) is 18.0 Å². The van der Waals surface area contributed by atoms with Gasteiger partial charge in [-0.25, -0.2) is 9.50 Å². The SMILES string of the molecule is COCCCNC(=O)c1nn2c(C(F)(F)F)cc(C)nc2c1Cl. The van der Waals surface area contributed by atoms with Gasteiger partial charge in [-0.1, -0.05) is 11.6 Å². The minimum atomic E-state index is -4.65. The number of aromatic nitrogens is 3. The first kappa shape index (κ1) is 17.5. The summed E-state index contributed by atoms with van der Waals surface area (Å²) in [6.45, 7) is 2.14. The lowest BCUT2D eigenvalue weighted by Crippen LogP contribution is -2.26. The van der Waals surface area contributed by atoms with Crippen molar-refractivity contribution >= 4 is 23.2 Å². The summed E-state index contributed by atoms with van der Waals surface area (Å²) in [7, 11) is 1.52. The van der Waals surface area contributed by atoms with Gasteiger partial charge in [0.05, 0.1) is 0 Å². The van der Waals surface area contributed by atoms with E-state index in [-0.39, 0.29) is 28.6 Å². The third-order valence-electron chi connectivity index (χ3n) is 2.98. The molecule has 0 radical (unpaired) electrons. The molecule has 0 unspecified atom stereocenters. The zero-order chi connectivity index (χ0) is 17.2. The molecule has 0 saturated heterocycles. The Labute approximate surface area is 134 Å². The van der Waals surface area contributed by atoms with Crippen LogP contribution in [-0.2, 0) is 10.9 Å². The Morgan fingerprint density at radius 2 is 2.17 bits per heavy atom. The zero-order valence-corrected chi connectivity index (χ0v) is 13.1. The van der Waals surface area contributed by atoms with Crippen LogP contribution in [0.4, 0.5) is 13.2 Å². The number of nitrogens with zero attached hydrogens (tertiary/aromatic N) is 3. The van der Waals surface area contributed by atoms with Gasteiger partial charge >= 0.3 is 6.18 Å². The van der Waals surface area contributed by atoms with Gasteiger partial charge in [-0.2, -0.15) is 18.3 Å². The Hall–Kier alpha value is -1.87. The van der Waals surface area contributed by atoms with Crippen molar-refractivity contribution in [2.45, 2.75) is 19.5 Å². The summed E-state index contributed by atoms with van der Waals surface area (Å²) in [6, 6.07) is 0.844. The number of hydrogen-bond acceptors (Lipinski definition) is 4. The highest BCUT2D eigenvalue weighted by molar-refractivity contribution is 6.36. The number of carbonyl (C=O) groups is 1. The van der Waals surface area contributed by atoms with Crippen molar-refractivity contribution in [2.75, 3.05) is 20.3 Å². The van der Waals surface area contributed by atoms with Gasteiger partial charge < -0.3 is 10.1 Å². The molecule has 0 aromatic carbocycles. The first-order valence-electron chi connectivity index (χ1n) is 6.66. The molecule has 1 N–H and O–H groups in total. The molecule has 0 aliphatic rings. The molecule has 0 aliphatic heterocycles. The first-order valence-corrected chi connectivity index (χ1v) is 7.03. The van der Waals surface area contributed by atoms with Crippen LogP contribution in [0.25, 0.3) is 5.65 Å². The van der Waals surface area contributed by atoms with E-state index in [1.165, 1.54) is 14.0 Å². The Morgan fingerprint density at radius 1 is 1.48 bits per heavy atom. The highest BCUT2D eigenvalue weighted by Gasteiger charge is 2.36. The number of ether oxygens (including phenoxy) is 1. The highest BCUT2D eigenvalue weighted by atomic mass is 35.5. The number of amides is 1. The number of aryl methyl sites for hydroxylation is 1. The fraction of sp³-hybridized carbons (Fsp3) is 0.462. The number of nitrogens with one attached hydrogen (secondary N) is 1. The van der Waals surface area contributed by atoms with E-state index >= 15 is 0 Å². The average Bonchev–Trinajstić information content (AvgIpc) is 2.79. The predicted octanol–water partition coefficient (Wildman–Crippen LogP) is 2.48. The normalized spacial score (nSPS) is 11.9. The van der Waals surface area contributed by atoms with Crippen molar-refractivity contribution in [3.05, 3.63) is 28.2 Å². The van der Waals surface area contributed by atoms with E-state index in [1.54, 1.807) is 0 Å². The lowest BCUT2D eigenvalue weighted by molar-refractivity contribution is -0.142. The van der Waals surface area contributed by atoms with Crippen molar-refractivity contribution in [3.63, 3.8) is 0 Å². The number of carbonyl (C=O) groups excluding carboxylic acids is 1. The standard InChI is InChI=1S/C13H14ClF3N4O2/c1-7-6-8(13(15,16)17)21-11(19-7)9(14)10(20-21)12(22)18-4-3-5-23-2/h6H,3-5H2,1-2H3,(H,18,22). The minimum Gasteiger partial charge on any atom is -0.385 e. The van der Waals surface area contributed by atoms with Gasteiger partial charge in [-0.05, 0) is 19.4 Å². The second kappa shape index (κ2) is 6.71. The molecule has 2 aromatic rings. The van der Waals surface area contributed by atoms with Crippen molar-refractivity contribution in [3.8, 4) is 0 Å². The maximum Gasteiger partial charge on any atom is 0.433 e. The van der Waals surface area contributed by atoms with Crippen LogP contribution in [0, 0.1) is 6.92 Å². The van der Waals surface area contributed by atoms with Crippen LogP contribution in [-0.4, -0.2) is 40.8 Å². The molecule has 0 bridgehead atoms. The minimum absolute atomic E-state index is 0.124. The maximum atomic E-state index is 13.1. The van der Waals surface area contributed by atoms with E-state index in [0.717, 1.165) is 6.07 Å². The van der Waals surface area contributed by atoms with E-state index < -0.39 is 17.8 Å². The highest BCUT2D eigenvalue weighted by Crippen LogP contribution is 2.32. The van der Waals surface area contributed by atoms with Gasteiger partial charge in [0.25, 0.3) is 5.91 Å². The monoisotopic (exact) mass is 350 g/mol. The molecule has 2 heterocycles. The van der Waals surface area contributed by atoms with Crippen LogP contribution in [0.15, 0.2) is 6.07 Å². The second-order valence-corrected chi connectivity index (χ2v) is 5.16. The lowest BCUT2D eigenvalue weighted by atomic mass is 10.3. The largest absolute Gasteiger partial charge is 0.433 e. The third-order valence-corrected chi connectivity index (χ3v) is 3.33. The van der Waals surface area contributed by atoms with E-state index in [4.69, 9.17) is 16.3 Å². The molecule has 2 aromatic heterocycles. The molecule has 1 amide bonds. The molecule has 2 rings (SSSR count). The molecule has 0 fully saturated rings. The van der Waals surface area contributed by atoms with Gasteiger partial charge in [0.15, 0.2) is 11.3 Å². The molecular formula is C13H14ClF3N4O2. The Morgan fingerprint density at radius 3 is 2.78 bits per heavy atom. The summed E-state index contributed by atoms with van der Waals surface area (Å²) in [5, 5.41) is 5.98. The molecule has 6 nitrogen and oxygen atoms in total. The fourth-order valence-corrected chi connectivity index (χ4v) is 2.21. The zero-order valence-electron chi connectivity index (χ0n) is 12.4. The number of methoxy groups -OCH3 is 1. The molecule has 0 aliphatic carbocycles. The smallest absolute Gasteiger partial charge is 0.385 e. The van der Waals surface area contributed by atoms with Gasteiger partial charge in [-0.15, -0.1) is 0 Å². The second-order valence-electron chi connectivity index (χ2n) is 4.78. The lowest BCUT2D eigenvalue weighted by Gasteiger charge is -2.09. The van der Waals surface area contributed by atoms with Gasteiger partial charge in [0, 0.05) is 26.0 Å². The van der Waals surface area contributed by atoms with Crippen LogP contribution < -0.4 is 5.32 Å². The summed E-state index contributed by atoms with van der Waals surface area (Å²) < 4.78 is 44.6. The summed E-state index contributed by atoms with van der Waals surface area (Å²) in [6.07, 6.45) is -4.09. The van der Waals surface area contributed by atoms with Gasteiger partial charge in [0.2, 0.25) is 0 Å². The first-order chi connectivity index (χ1) is 10.8. The third kappa shape index (κ3) is 3.73. The van der Waals surface area contributed by atoms with E-state index in [1.807, 2.05) is 0 Å². The van der Waals surface area contributed by atoms with Crippen molar-refractivity contribution in [2.24, 2.45) is 0 Å². The van der Waals surface area contributed by atoms with Crippen LogP contribution in [0.3, 0.4) is 0 Å². The molecule has 0 saturated carbocycles. The summed E-state index contributed by atoms with van der Waals surface area (Å²) in [5.41, 5.74) is -1.42. The van der Waals surface area contributed by atoms with Crippen LogP contribution in [0.1, 0.15) is 28.3 Å². The van der Waals surface area contributed by atoms with Crippen molar-refractivity contribution < 1.29 is 22.7 Å². The summed E-state index contributed by atoms with van der Waals surface area (Å²) in [4.78, 5) is 16.0. The van der Waals surface area contributed by atoms with Crippen LogP contribution in [0.5, 0.6) is 0 Å². The number of fused-ring (bicyclic) bond motifs is 1. The Balaban J connectivity index is 2.40. The van der Waals surface area contributed by atoms with Gasteiger partial charge in [0.1, 0.15) is 10.7 Å². The molecule has 0 atom stereocenters. The molecular weight excluding hydrogens is 337 g/mol. The molecule has 126 valence electrons. The van der Waals surface area contributed by atoms with E-state index in [2.05, 4.69) is 15.4 Å². The summed E-state index contributed by atoms with van der Waals surface area (Å²) in [5.74, 6) is -0.664. The van der Waals surface area contributed by atoms with Crippen molar-refractivity contribution in [1.82, 2.24) is 19.9 Å². The number of alkyl halides is 3. The summed E-state index contributed by atoms with van der Waals surface area (Å²) >= 11 is 5.99. The topological polar surface area (TPSA) is 68.5 Å². The maximum absolute atomic E-state index is 13.1. The quantitative estimate of drug-likeness (QED) is 0.841.